The van der Waals surface area contributed by atoms with Crippen molar-refractivity contribution in [3.05, 3.63) is 71.5 Å². The van der Waals surface area contributed by atoms with Crippen molar-refractivity contribution in [3.63, 3.8) is 0 Å². The fourth-order valence-corrected chi connectivity index (χ4v) is 4.62. The van der Waals surface area contributed by atoms with Crippen LogP contribution >= 0.6 is 0 Å². The summed E-state index contributed by atoms with van der Waals surface area (Å²) in [7, 11) is 0. The van der Waals surface area contributed by atoms with Crippen LogP contribution in [0.2, 0.25) is 0 Å². The van der Waals surface area contributed by atoms with Gasteiger partial charge in [-0.25, -0.2) is 4.39 Å². The fraction of sp³-hybridized carbons (Fsp3) is 0.357. The van der Waals surface area contributed by atoms with E-state index in [1.54, 1.807) is 0 Å². The number of rotatable bonds is 9. The number of Topliss-reactive ketones (excluding diaryl/α,β-unsaturated/α-hetero) is 1. The van der Waals surface area contributed by atoms with Crippen LogP contribution in [-0.4, -0.2) is 60.6 Å². The highest BCUT2D eigenvalue weighted by Gasteiger charge is 2.31. The topological polar surface area (TPSA) is 88.1 Å². The zero-order valence-electron chi connectivity index (χ0n) is 19.9. The molecule has 5 rings (SSSR count). The number of hydrogen-bond donors (Lipinski definition) is 2. The number of aliphatic hydroxyl groups excluding tert-OH is 1. The SMILES string of the molecule is O=C(CCc1ccc2ccccc2c1)C(=O)NC(CN1CCC1)C(O)c1cc(F)c2c(c1)OCCO2. The van der Waals surface area contributed by atoms with E-state index in [-0.39, 0.29) is 36.7 Å². The van der Waals surface area contributed by atoms with E-state index in [1.165, 1.54) is 12.1 Å². The second-order valence-electron chi connectivity index (χ2n) is 9.31. The van der Waals surface area contributed by atoms with Gasteiger partial charge in [-0.3, -0.25) is 9.59 Å². The standard InChI is InChI=1S/C28H29FN2O5/c29-22-15-21(16-25-27(22)36-13-12-35-25)26(33)23(17-31-10-3-11-31)30-28(34)24(32)9-7-18-6-8-19-4-1-2-5-20(19)14-18/h1-2,4-6,8,14-16,23,26,33H,3,7,9-13,17H2,(H,30,34). The first-order valence-corrected chi connectivity index (χ1v) is 12.3. The van der Waals surface area contributed by atoms with Crippen LogP contribution in [0.15, 0.2) is 54.6 Å². The number of nitrogens with zero attached hydrogens (tertiary/aromatic N) is 1. The van der Waals surface area contributed by atoms with Crippen LogP contribution in [-0.2, 0) is 16.0 Å². The van der Waals surface area contributed by atoms with Crippen molar-refractivity contribution < 1.29 is 28.6 Å². The van der Waals surface area contributed by atoms with E-state index in [9.17, 15) is 19.1 Å². The molecule has 8 heteroatoms. The van der Waals surface area contributed by atoms with Crippen LogP contribution in [0.25, 0.3) is 10.8 Å². The highest BCUT2D eigenvalue weighted by molar-refractivity contribution is 6.36. The average molecular weight is 493 g/mol. The Labute approximate surface area is 208 Å². The second kappa shape index (κ2) is 10.6. The number of likely N-dealkylation sites (tertiary alicyclic amines) is 1. The van der Waals surface area contributed by atoms with E-state index in [0.29, 0.717) is 13.0 Å². The minimum absolute atomic E-state index is 0.0180. The number of nitrogens with one attached hydrogen (secondary N) is 1. The second-order valence-corrected chi connectivity index (χ2v) is 9.31. The maximum absolute atomic E-state index is 14.6. The van der Waals surface area contributed by atoms with Gasteiger partial charge in [-0.2, -0.15) is 0 Å². The number of aliphatic hydroxyl groups is 1. The molecule has 36 heavy (non-hydrogen) atoms. The molecule has 0 spiro atoms. The van der Waals surface area contributed by atoms with Gasteiger partial charge >= 0.3 is 0 Å². The summed E-state index contributed by atoms with van der Waals surface area (Å²) < 4.78 is 25.4. The number of carbonyl (C=O) groups excluding carboxylic acids is 2. The minimum Gasteiger partial charge on any atom is -0.486 e. The summed E-state index contributed by atoms with van der Waals surface area (Å²) in [4.78, 5) is 27.6. The maximum atomic E-state index is 14.6. The van der Waals surface area contributed by atoms with Gasteiger partial charge in [-0.05, 0) is 60.0 Å². The summed E-state index contributed by atoms with van der Waals surface area (Å²) in [5, 5.41) is 16.0. The lowest BCUT2D eigenvalue weighted by Gasteiger charge is -2.36. The number of hydrogen-bond acceptors (Lipinski definition) is 6. The van der Waals surface area contributed by atoms with Crippen molar-refractivity contribution in [2.24, 2.45) is 0 Å². The predicted octanol–water partition coefficient (Wildman–Crippen LogP) is 3.18. The lowest BCUT2D eigenvalue weighted by atomic mass is 9.98. The summed E-state index contributed by atoms with van der Waals surface area (Å²) in [6.45, 7) is 2.56. The first-order valence-electron chi connectivity index (χ1n) is 12.3. The zero-order valence-corrected chi connectivity index (χ0v) is 19.9. The number of fused-ring (bicyclic) bond motifs is 2. The lowest BCUT2D eigenvalue weighted by molar-refractivity contribution is -0.139. The Kier molecular flexibility index (Phi) is 7.16. The molecule has 2 unspecified atom stereocenters. The summed E-state index contributed by atoms with van der Waals surface area (Å²) in [5.74, 6) is -1.71. The molecule has 2 atom stereocenters. The van der Waals surface area contributed by atoms with E-state index < -0.39 is 29.7 Å². The summed E-state index contributed by atoms with van der Waals surface area (Å²) in [6.07, 6.45) is 0.285. The first-order chi connectivity index (χ1) is 17.5. The third kappa shape index (κ3) is 5.34. The van der Waals surface area contributed by atoms with E-state index >= 15 is 0 Å². The number of ether oxygens (including phenoxy) is 2. The third-order valence-electron chi connectivity index (χ3n) is 6.77. The van der Waals surface area contributed by atoms with Gasteiger partial charge in [0.25, 0.3) is 5.91 Å². The molecule has 7 nitrogen and oxygen atoms in total. The molecule has 2 N–H and O–H groups in total. The van der Waals surface area contributed by atoms with Gasteiger partial charge < -0.3 is 24.8 Å². The minimum atomic E-state index is -1.23. The molecule has 3 aromatic rings. The van der Waals surface area contributed by atoms with Gasteiger partial charge in [-0.1, -0.05) is 42.5 Å². The Morgan fingerprint density at radius 2 is 1.81 bits per heavy atom. The van der Waals surface area contributed by atoms with Gasteiger partial charge in [0.15, 0.2) is 17.3 Å². The van der Waals surface area contributed by atoms with Crippen LogP contribution in [0.4, 0.5) is 4.39 Å². The third-order valence-corrected chi connectivity index (χ3v) is 6.77. The van der Waals surface area contributed by atoms with Gasteiger partial charge in [0.1, 0.15) is 19.3 Å². The molecule has 3 aromatic carbocycles. The Bertz CT molecular complexity index is 1280. The number of halogens is 1. The molecule has 2 heterocycles. The molecule has 0 bridgehead atoms. The molecule has 0 saturated carbocycles. The molecule has 1 fully saturated rings. The smallest absolute Gasteiger partial charge is 0.287 e. The van der Waals surface area contributed by atoms with Crippen molar-refractivity contribution in [3.8, 4) is 11.5 Å². The van der Waals surface area contributed by atoms with E-state index in [1.807, 2.05) is 42.5 Å². The van der Waals surface area contributed by atoms with Gasteiger partial charge in [-0.15, -0.1) is 0 Å². The summed E-state index contributed by atoms with van der Waals surface area (Å²) in [6, 6.07) is 15.9. The van der Waals surface area contributed by atoms with Crippen LogP contribution in [0.5, 0.6) is 11.5 Å². The maximum Gasteiger partial charge on any atom is 0.287 e. The molecular weight excluding hydrogens is 463 g/mol. The molecule has 0 radical (unpaired) electrons. The number of ketones is 1. The molecule has 2 aliphatic heterocycles. The van der Waals surface area contributed by atoms with Crippen molar-refractivity contribution in [1.82, 2.24) is 10.2 Å². The van der Waals surface area contributed by atoms with E-state index in [4.69, 9.17) is 9.47 Å². The number of amides is 1. The van der Waals surface area contributed by atoms with Gasteiger partial charge in [0.05, 0.1) is 6.04 Å². The van der Waals surface area contributed by atoms with E-state index in [0.717, 1.165) is 35.8 Å². The Morgan fingerprint density at radius 3 is 2.58 bits per heavy atom. The lowest BCUT2D eigenvalue weighted by Crippen LogP contribution is -2.52. The number of carbonyl (C=O) groups is 2. The number of aryl methyl sites for hydroxylation is 1. The first kappa shape index (κ1) is 24.2. The van der Waals surface area contributed by atoms with Crippen LogP contribution in [0.3, 0.4) is 0 Å². The van der Waals surface area contributed by atoms with Crippen molar-refractivity contribution >= 4 is 22.5 Å². The van der Waals surface area contributed by atoms with Crippen LogP contribution < -0.4 is 14.8 Å². The quantitative estimate of drug-likeness (QED) is 0.446. The Morgan fingerprint density at radius 1 is 1.03 bits per heavy atom. The average Bonchev–Trinajstić information content (AvgIpc) is 2.87. The zero-order chi connectivity index (χ0) is 25.1. The summed E-state index contributed by atoms with van der Waals surface area (Å²) in [5.41, 5.74) is 1.23. The van der Waals surface area contributed by atoms with Crippen LogP contribution in [0, 0.1) is 5.82 Å². The van der Waals surface area contributed by atoms with Gasteiger partial charge in [0, 0.05) is 13.0 Å². The summed E-state index contributed by atoms with van der Waals surface area (Å²) >= 11 is 0. The molecule has 188 valence electrons. The van der Waals surface area contributed by atoms with Gasteiger partial charge in [0.2, 0.25) is 5.78 Å². The molecule has 0 aliphatic carbocycles. The number of benzene rings is 3. The monoisotopic (exact) mass is 492 g/mol. The fourth-order valence-electron chi connectivity index (χ4n) is 4.62. The molecule has 1 saturated heterocycles. The van der Waals surface area contributed by atoms with Crippen molar-refractivity contribution in [1.29, 1.82) is 0 Å². The molecular formula is C28H29FN2O5. The molecule has 0 aromatic heterocycles. The predicted molar refractivity (Wildman–Crippen MR) is 133 cm³/mol. The Balaban J connectivity index is 1.26. The largest absolute Gasteiger partial charge is 0.486 e. The van der Waals surface area contributed by atoms with E-state index in [2.05, 4.69) is 10.2 Å². The molecule has 2 aliphatic rings. The van der Waals surface area contributed by atoms with Crippen LogP contribution in [0.1, 0.15) is 30.1 Å². The highest BCUT2D eigenvalue weighted by atomic mass is 19.1. The highest BCUT2D eigenvalue weighted by Crippen LogP contribution is 2.36. The van der Waals surface area contributed by atoms with Crippen molar-refractivity contribution in [2.45, 2.75) is 31.4 Å². The molecule has 1 amide bonds. The van der Waals surface area contributed by atoms with Crippen molar-refractivity contribution in [2.75, 3.05) is 32.8 Å². The Hall–Kier alpha value is -3.49. The normalized spacial score (nSPS) is 16.7.